The predicted octanol–water partition coefficient (Wildman–Crippen LogP) is 1.27. The molecule has 0 N–H and O–H groups in total. The largest absolute Gasteiger partial charge is 0.465 e. The number of hydrogen-bond acceptors (Lipinski definition) is 8. The summed E-state index contributed by atoms with van der Waals surface area (Å²) in [6.07, 6.45) is 0.506. The molecule has 0 saturated heterocycles. The van der Waals surface area contributed by atoms with Gasteiger partial charge in [0, 0.05) is 24.9 Å². The van der Waals surface area contributed by atoms with Gasteiger partial charge in [0.15, 0.2) is 6.29 Å². The summed E-state index contributed by atoms with van der Waals surface area (Å²) in [5.41, 5.74) is 1.15. The number of aromatic nitrogens is 1. The van der Waals surface area contributed by atoms with Crippen molar-refractivity contribution in [1.82, 2.24) is 4.98 Å². The Bertz CT molecular complexity index is 591. The predicted molar refractivity (Wildman–Crippen MR) is 87.3 cm³/mol. The second-order valence-electron chi connectivity index (χ2n) is 5.06. The van der Waals surface area contributed by atoms with Crippen LogP contribution >= 0.6 is 0 Å². The second-order valence-corrected chi connectivity index (χ2v) is 6.71. The fourth-order valence-corrected chi connectivity index (χ4v) is 2.09. The fourth-order valence-electron chi connectivity index (χ4n) is 1.76. The molecule has 0 saturated carbocycles. The third-order valence-corrected chi connectivity index (χ3v) is 3.26. The van der Waals surface area contributed by atoms with E-state index in [0.29, 0.717) is 43.6 Å². The van der Waals surface area contributed by atoms with Crippen molar-refractivity contribution in [3.63, 3.8) is 0 Å². The van der Waals surface area contributed by atoms with Gasteiger partial charge in [0.2, 0.25) is 0 Å². The minimum absolute atomic E-state index is 0.139. The van der Waals surface area contributed by atoms with E-state index < -0.39 is 16.4 Å². The third kappa shape index (κ3) is 9.78. The standard InChI is InChI=1S/C15H25NO7S/c1-12-9-15(10-14(16-12)11-22-24(4,17)18)23-13(2)21-8-7-20-6-5-19-3/h9-10,13H,5-8,11H2,1-4H3. The molecule has 0 aromatic carbocycles. The van der Waals surface area contributed by atoms with E-state index in [4.69, 9.17) is 23.1 Å². The molecule has 0 amide bonds. The maximum absolute atomic E-state index is 11.0. The average molecular weight is 363 g/mol. The van der Waals surface area contributed by atoms with E-state index in [0.717, 1.165) is 6.26 Å². The van der Waals surface area contributed by atoms with Gasteiger partial charge in [-0.25, -0.2) is 0 Å². The molecule has 1 aromatic rings. The van der Waals surface area contributed by atoms with Crippen molar-refractivity contribution >= 4 is 10.1 Å². The molecule has 0 radical (unpaired) electrons. The van der Waals surface area contributed by atoms with Crippen molar-refractivity contribution in [3.8, 4) is 5.75 Å². The van der Waals surface area contributed by atoms with E-state index in [2.05, 4.69) is 4.98 Å². The van der Waals surface area contributed by atoms with Gasteiger partial charge in [0.05, 0.1) is 38.4 Å². The number of pyridine rings is 1. The zero-order chi connectivity index (χ0) is 18.0. The molecule has 1 atom stereocenters. The van der Waals surface area contributed by atoms with Crippen molar-refractivity contribution in [2.24, 2.45) is 0 Å². The molecule has 1 heterocycles. The lowest BCUT2D eigenvalue weighted by atomic mass is 10.3. The van der Waals surface area contributed by atoms with Crippen molar-refractivity contribution < 1.29 is 31.5 Å². The summed E-state index contributed by atoms with van der Waals surface area (Å²) < 4.78 is 48.1. The average Bonchev–Trinajstić information content (AvgIpc) is 2.47. The number of hydrogen-bond donors (Lipinski definition) is 0. The van der Waals surface area contributed by atoms with E-state index in [9.17, 15) is 8.42 Å². The molecule has 138 valence electrons. The van der Waals surface area contributed by atoms with E-state index in [1.807, 2.05) is 0 Å². The van der Waals surface area contributed by atoms with Crippen LogP contribution in [0.5, 0.6) is 5.75 Å². The molecule has 0 aliphatic carbocycles. The molecule has 0 aliphatic heterocycles. The summed E-state index contributed by atoms with van der Waals surface area (Å²) in [4.78, 5) is 4.21. The van der Waals surface area contributed by atoms with Gasteiger partial charge in [-0.3, -0.25) is 9.17 Å². The quantitative estimate of drug-likeness (QED) is 0.311. The van der Waals surface area contributed by atoms with Gasteiger partial charge in [0.1, 0.15) is 12.4 Å². The van der Waals surface area contributed by atoms with Crippen molar-refractivity contribution in [2.45, 2.75) is 26.7 Å². The van der Waals surface area contributed by atoms with Crippen LogP contribution in [0.3, 0.4) is 0 Å². The topological polar surface area (TPSA) is 93.2 Å². The SMILES string of the molecule is COCCOCCOC(C)Oc1cc(C)nc(COS(C)(=O)=O)c1. The van der Waals surface area contributed by atoms with Gasteiger partial charge in [-0.15, -0.1) is 0 Å². The molecule has 1 unspecified atom stereocenters. The van der Waals surface area contributed by atoms with Crippen LogP contribution in [0, 0.1) is 6.92 Å². The maximum atomic E-state index is 11.0. The summed E-state index contributed by atoms with van der Waals surface area (Å²) in [6.45, 7) is 5.30. The summed E-state index contributed by atoms with van der Waals surface area (Å²) in [5, 5.41) is 0. The molecule has 1 aromatic heterocycles. The fraction of sp³-hybridized carbons (Fsp3) is 0.667. The molecular formula is C15H25NO7S. The Morgan fingerprint density at radius 1 is 1.17 bits per heavy atom. The third-order valence-electron chi connectivity index (χ3n) is 2.71. The van der Waals surface area contributed by atoms with Crippen LogP contribution in [0.25, 0.3) is 0 Å². The van der Waals surface area contributed by atoms with Gasteiger partial charge in [-0.1, -0.05) is 0 Å². The van der Waals surface area contributed by atoms with Crippen molar-refractivity contribution in [1.29, 1.82) is 0 Å². The molecular weight excluding hydrogens is 338 g/mol. The van der Waals surface area contributed by atoms with Crippen LogP contribution in [0.15, 0.2) is 12.1 Å². The highest BCUT2D eigenvalue weighted by Gasteiger charge is 2.09. The summed E-state index contributed by atoms with van der Waals surface area (Å²) in [5.74, 6) is 0.530. The lowest BCUT2D eigenvalue weighted by molar-refractivity contribution is -0.0854. The number of aryl methyl sites for hydroxylation is 1. The summed E-state index contributed by atoms with van der Waals surface area (Å²) in [7, 11) is -1.91. The van der Waals surface area contributed by atoms with Crippen LogP contribution in [-0.4, -0.2) is 59.5 Å². The Hall–Kier alpha value is -1.26. The Morgan fingerprint density at radius 3 is 2.54 bits per heavy atom. The van der Waals surface area contributed by atoms with Gasteiger partial charge < -0.3 is 18.9 Å². The number of methoxy groups -OCH3 is 1. The highest BCUT2D eigenvalue weighted by atomic mass is 32.2. The van der Waals surface area contributed by atoms with Crippen molar-refractivity contribution in [3.05, 3.63) is 23.5 Å². The van der Waals surface area contributed by atoms with E-state index in [1.165, 1.54) is 0 Å². The molecule has 0 fully saturated rings. The Kier molecular flexibility index (Phi) is 9.16. The van der Waals surface area contributed by atoms with Crippen LogP contribution < -0.4 is 4.74 Å². The number of nitrogens with zero attached hydrogens (tertiary/aromatic N) is 1. The first-order valence-corrected chi connectivity index (χ1v) is 9.28. The zero-order valence-electron chi connectivity index (χ0n) is 14.5. The lowest BCUT2D eigenvalue weighted by Gasteiger charge is -2.16. The molecule has 0 spiro atoms. The summed E-state index contributed by atoms with van der Waals surface area (Å²) >= 11 is 0. The van der Waals surface area contributed by atoms with E-state index >= 15 is 0 Å². The molecule has 8 nitrogen and oxygen atoms in total. The van der Waals surface area contributed by atoms with E-state index in [-0.39, 0.29) is 6.61 Å². The summed E-state index contributed by atoms with van der Waals surface area (Å²) in [6, 6.07) is 3.35. The minimum atomic E-state index is -3.52. The molecule has 0 aliphatic rings. The Morgan fingerprint density at radius 2 is 1.88 bits per heavy atom. The first-order valence-electron chi connectivity index (χ1n) is 7.47. The maximum Gasteiger partial charge on any atom is 0.264 e. The lowest BCUT2D eigenvalue weighted by Crippen LogP contribution is -2.20. The highest BCUT2D eigenvalue weighted by Crippen LogP contribution is 2.17. The first kappa shape index (κ1) is 20.8. The van der Waals surface area contributed by atoms with E-state index in [1.54, 1.807) is 33.1 Å². The molecule has 1 rings (SSSR count). The van der Waals surface area contributed by atoms with Crippen molar-refractivity contribution in [2.75, 3.05) is 39.8 Å². The second kappa shape index (κ2) is 10.6. The number of ether oxygens (including phenoxy) is 4. The minimum Gasteiger partial charge on any atom is -0.465 e. The van der Waals surface area contributed by atoms with Gasteiger partial charge in [-0.2, -0.15) is 8.42 Å². The number of rotatable bonds is 12. The smallest absolute Gasteiger partial charge is 0.264 e. The van der Waals surface area contributed by atoms with Crippen LogP contribution in [0.1, 0.15) is 18.3 Å². The van der Waals surface area contributed by atoms with Crippen LogP contribution in [0.4, 0.5) is 0 Å². The normalized spacial score (nSPS) is 13.0. The van der Waals surface area contributed by atoms with Gasteiger partial charge in [-0.05, 0) is 13.8 Å². The first-order chi connectivity index (χ1) is 11.3. The molecule has 24 heavy (non-hydrogen) atoms. The van der Waals surface area contributed by atoms with Gasteiger partial charge in [0.25, 0.3) is 10.1 Å². The van der Waals surface area contributed by atoms with Crippen LogP contribution in [0.2, 0.25) is 0 Å². The molecule has 9 heteroatoms. The Labute approximate surface area is 143 Å². The molecule has 0 bridgehead atoms. The zero-order valence-corrected chi connectivity index (χ0v) is 15.3. The Balaban J connectivity index is 2.44. The monoisotopic (exact) mass is 363 g/mol. The highest BCUT2D eigenvalue weighted by molar-refractivity contribution is 7.85. The van der Waals surface area contributed by atoms with Gasteiger partial charge >= 0.3 is 0 Å². The van der Waals surface area contributed by atoms with Crippen LogP contribution in [-0.2, 0) is 35.1 Å².